The molecule has 2 unspecified atom stereocenters. The monoisotopic (exact) mass is 289 g/mol. The number of rotatable bonds is 6. The van der Waals surface area contributed by atoms with Crippen molar-refractivity contribution in [3.63, 3.8) is 0 Å². The summed E-state index contributed by atoms with van der Waals surface area (Å²) in [4.78, 5) is 4.93. The molecule has 2 atom stereocenters. The fraction of sp³-hybridized carbons (Fsp3) is 0.667. The molecule has 1 fully saturated rings. The Hall–Kier alpha value is -0.900. The molecule has 0 aromatic heterocycles. The van der Waals surface area contributed by atoms with E-state index in [9.17, 15) is 0 Å². The van der Waals surface area contributed by atoms with Crippen LogP contribution in [0.5, 0.6) is 0 Å². The van der Waals surface area contributed by atoms with Crippen molar-refractivity contribution >= 4 is 0 Å². The Kier molecular flexibility index (Phi) is 5.80. The second-order valence-corrected chi connectivity index (χ2v) is 6.82. The molecule has 1 saturated heterocycles. The van der Waals surface area contributed by atoms with Crippen LogP contribution in [0.4, 0.5) is 0 Å². The van der Waals surface area contributed by atoms with Crippen LogP contribution in [-0.2, 0) is 0 Å². The first-order chi connectivity index (χ1) is 9.99. The van der Waals surface area contributed by atoms with Crippen molar-refractivity contribution in [1.82, 2.24) is 15.1 Å². The summed E-state index contributed by atoms with van der Waals surface area (Å²) < 4.78 is 0. The molecule has 1 aromatic carbocycles. The lowest BCUT2D eigenvalue weighted by Crippen LogP contribution is -2.35. The molecule has 1 aliphatic rings. The molecule has 1 aromatic rings. The Morgan fingerprint density at radius 1 is 1.33 bits per heavy atom. The molecule has 1 N–H and O–H groups in total. The maximum atomic E-state index is 3.48. The Morgan fingerprint density at radius 2 is 2.10 bits per heavy atom. The molecule has 1 heterocycles. The second kappa shape index (κ2) is 7.39. The number of nitrogens with zero attached hydrogens (tertiary/aromatic N) is 2. The van der Waals surface area contributed by atoms with E-state index in [1.54, 1.807) is 0 Å². The van der Waals surface area contributed by atoms with Crippen LogP contribution in [-0.4, -0.2) is 57.1 Å². The predicted octanol–water partition coefficient (Wildman–Crippen LogP) is 2.45. The van der Waals surface area contributed by atoms with E-state index in [1.807, 2.05) is 0 Å². The summed E-state index contributed by atoms with van der Waals surface area (Å²) in [5.41, 5.74) is 4.15. The van der Waals surface area contributed by atoms with Crippen molar-refractivity contribution in [2.75, 3.05) is 47.3 Å². The summed E-state index contributed by atoms with van der Waals surface area (Å²) in [6.07, 6.45) is 1.34. The Bertz CT molecular complexity index is 458. The minimum Gasteiger partial charge on any atom is -0.312 e. The average Bonchev–Trinajstić information content (AvgIpc) is 2.84. The highest BCUT2D eigenvalue weighted by Gasteiger charge is 2.22. The molecular weight excluding hydrogens is 258 g/mol. The first kappa shape index (κ1) is 16.5. The highest BCUT2D eigenvalue weighted by atomic mass is 15.2. The lowest BCUT2D eigenvalue weighted by molar-refractivity contribution is 0.251. The third-order valence-corrected chi connectivity index (χ3v) is 4.83. The molecule has 1 aliphatic heterocycles. The number of aryl methyl sites for hydroxylation is 2. The van der Waals surface area contributed by atoms with Crippen molar-refractivity contribution in [2.24, 2.45) is 5.92 Å². The molecule has 3 nitrogen and oxygen atoms in total. The van der Waals surface area contributed by atoms with E-state index >= 15 is 0 Å². The normalized spacial score (nSPS) is 21.1. The number of hydrogen-bond acceptors (Lipinski definition) is 3. The van der Waals surface area contributed by atoms with Crippen LogP contribution in [0.3, 0.4) is 0 Å². The topological polar surface area (TPSA) is 18.5 Å². The quantitative estimate of drug-likeness (QED) is 0.868. The van der Waals surface area contributed by atoms with Crippen molar-refractivity contribution in [3.8, 4) is 0 Å². The van der Waals surface area contributed by atoms with Gasteiger partial charge in [0, 0.05) is 25.7 Å². The van der Waals surface area contributed by atoms with Gasteiger partial charge < -0.3 is 15.1 Å². The van der Waals surface area contributed by atoms with Crippen LogP contribution in [0.25, 0.3) is 0 Å². The third kappa shape index (κ3) is 4.53. The van der Waals surface area contributed by atoms with Gasteiger partial charge in [0.25, 0.3) is 0 Å². The molecule has 118 valence electrons. The van der Waals surface area contributed by atoms with E-state index in [1.165, 1.54) is 42.7 Å². The van der Waals surface area contributed by atoms with Crippen LogP contribution in [0.15, 0.2) is 18.2 Å². The highest BCUT2D eigenvalue weighted by Crippen LogP contribution is 2.20. The van der Waals surface area contributed by atoms with Crippen molar-refractivity contribution < 1.29 is 0 Å². The van der Waals surface area contributed by atoms with Gasteiger partial charge in [-0.05, 0) is 70.6 Å². The lowest BCUT2D eigenvalue weighted by atomic mass is 10.0. The number of likely N-dealkylation sites (N-methyl/N-ethyl adjacent to an activating group) is 2. The molecular formula is C18H31N3. The summed E-state index contributed by atoms with van der Waals surface area (Å²) in [5.74, 6) is 0.831. The van der Waals surface area contributed by atoms with Gasteiger partial charge in [-0.2, -0.15) is 0 Å². The van der Waals surface area contributed by atoms with Crippen LogP contribution >= 0.6 is 0 Å². The van der Waals surface area contributed by atoms with Gasteiger partial charge in [-0.25, -0.2) is 0 Å². The number of hydrogen-bond donors (Lipinski definition) is 1. The standard InChI is InChI=1S/C18H31N3/c1-14-6-7-17(10-15(14)2)18(19-3)13-21(5)12-16-8-9-20(4)11-16/h6-7,10,16,18-19H,8-9,11-13H2,1-5H3. The zero-order valence-electron chi connectivity index (χ0n) is 14.3. The summed E-state index contributed by atoms with van der Waals surface area (Å²) in [5, 5.41) is 3.48. The zero-order valence-corrected chi connectivity index (χ0v) is 14.3. The summed E-state index contributed by atoms with van der Waals surface area (Å²) >= 11 is 0. The van der Waals surface area contributed by atoms with Gasteiger partial charge in [0.1, 0.15) is 0 Å². The van der Waals surface area contributed by atoms with Gasteiger partial charge in [0.05, 0.1) is 0 Å². The van der Waals surface area contributed by atoms with E-state index in [2.05, 4.69) is 68.3 Å². The molecule has 0 radical (unpaired) electrons. The van der Waals surface area contributed by atoms with Crippen LogP contribution in [0.2, 0.25) is 0 Å². The van der Waals surface area contributed by atoms with E-state index in [0.29, 0.717) is 6.04 Å². The second-order valence-electron chi connectivity index (χ2n) is 6.82. The van der Waals surface area contributed by atoms with E-state index in [0.717, 1.165) is 12.5 Å². The van der Waals surface area contributed by atoms with E-state index in [4.69, 9.17) is 0 Å². The molecule has 0 aliphatic carbocycles. The maximum absolute atomic E-state index is 3.48. The minimum absolute atomic E-state index is 0.411. The van der Waals surface area contributed by atoms with Gasteiger partial charge in [-0.3, -0.25) is 0 Å². The lowest BCUT2D eigenvalue weighted by Gasteiger charge is -2.26. The van der Waals surface area contributed by atoms with Gasteiger partial charge in [0.2, 0.25) is 0 Å². The molecule has 2 rings (SSSR count). The maximum Gasteiger partial charge on any atom is 0.0446 e. The van der Waals surface area contributed by atoms with Gasteiger partial charge >= 0.3 is 0 Å². The van der Waals surface area contributed by atoms with Gasteiger partial charge in [-0.15, -0.1) is 0 Å². The third-order valence-electron chi connectivity index (χ3n) is 4.83. The first-order valence-electron chi connectivity index (χ1n) is 8.11. The van der Waals surface area contributed by atoms with Crippen molar-refractivity contribution in [1.29, 1.82) is 0 Å². The van der Waals surface area contributed by atoms with Gasteiger partial charge in [-0.1, -0.05) is 18.2 Å². The predicted molar refractivity (Wildman–Crippen MR) is 90.8 cm³/mol. The van der Waals surface area contributed by atoms with Crippen molar-refractivity contribution in [2.45, 2.75) is 26.3 Å². The smallest absolute Gasteiger partial charge is 0.0446 e. The fourth-order valence-electron chi connectivity index (χ4n) is 3.35. The number of likely N-dealkylation sites (tertiary alicyclic amines) is 1. The molecule has 0 bridgehead atoms. The highest BCUT2D eigenvalue weighted by molar-refractivity contribution is 5.31. The van der Waals surface area contributed by atoms with Crippen LogP contribution < -0.4 is 5.32 Å². The largest absolute Gasteiger partial charge is 0.312 e. The SMILES string of the molecule is CNC(CN(C)CC1CCN(C)C1)c1ccc(C)c(C)c1. The Morgan fingerprint density at radius 3 is 2.67 bits per heavy atom. The summed E-state index contributed by atoms with van der Waals surface area (Å²) in [6, 6.07) is 7.24. The summed E-state index contributed by atoms with van der Waals surface area (Å²) in [6.45, 7) is 9.15. The first-order valence-corrected chi connectivity index (χ1v) is 8.11. The number of nitrogens with one attached hydrogen (secondary N) is 1. The molecule has 3 heteroatoms. The van der Waals surface area contributed by atoms with Crippen LogP contribution in [0.1, 0.15) is 29.2 Å². The zero-order chi connectivity index (χ0) is 15.4. The van der Waals surface area contributed by atoms with Crippen molar-refractivity contribution in [3.05, 3.63) is 34.9 Å². The molecule has 0 saturated carbocycles. The Balaban J connectivity index is 1.93. The van der Waals surface area contributed by atoms with Gasteiger partial charge in [0.15, 0.2) is 0 Å². The Labute approximate surface area is 130 Å². The summed E-state index contributed by atoms with van der Waals surface area (Å²) in [7, 11) is 6.55. The van der Waals surface area contributed by atoms with Crippen LogP contribution in [0, 0.1) is 19.8 Å². The molecule has 0 spiro atoms. The van der Waals surface area contributed by atoms with E-state index < -0.39 is 0 Å². The number of benzene rings is 1. The fourth-order valence-corrected chi connectivity index (χ4v) is 3.35. The average molecular weight is 289 g/mol. The molecule has 0 amide bonds. The minimum atomic E-state index is 0.411. The van der Waals surface area contributed by atoms with E-state index in [-0.39, 0.29) is 0 Å². The molecule has 21 heavy (non-hydrogen) atoms.